The summed E-state index contributed by atoms with van der Waals surface area (Å²) in [6, 6.07) is 22.0. The van der Waals surface area contributed by atoms with Gasteiger partial charge in [-0.1, -0.05) is 66.7 Å². The summed E-state index contributed by atoms with van der Waals surface area (Å²) >= 11 is 0. The van der Waals surface area contributed by atoms with Crippen LogP contribution in [0.1, 0.15) is 48.8 Å². The van der Waals surface area contributed by atoms with Gasteiger partial charge in [-0.25, -0.2) is 9.59 Å². The predicted octanol–water partition coefficient (Wildman–Crippen LogP) is 4.95. The molecule has 4 rings (SSSR count). The minimum atomic E-state index is -0.961. The largest absolute Gasteiger partial charge is 0.446 e. The molecule has 3 N–H and O–H groups in total. The van der Waals surface area contributed by atoms with Crippen molar-refractivity contribution in [1.82, 2.24) is 15.6 Å². The Morgan fingerprint density at radius 3 is 2.13 bits per heavy atom. The van der Waals surface area contributed by atoms with E-state index in [9.17, 15) is 14.7 Å². The SMILES string of the molecule is O=C(N[C@@H](Cc1ccccc1)[C@@H](O)C[C@H](Cc1ccccc1)NC(=O)OC1CCCC1)OCc1cccnc1. The molecule has 0 bridgehead atoms. The molecular formula is C31H37N3O5. The summed E-state index contributed by atoms with van der Waals surface area (Å²) in [7, 11) is 0. The highest BCUT2D eigenvalue weighted by molar-refractivity contribution is 5.68. The number of pyridine rings is 1. The topological polar surface area (TPSA) is 110 Å². The minimum Gasteiger partial charge on any atom is -0.446 e. The number of amides is 2. The van der Waals surface area contributed by atoms with Crippen molar-refractivity contribution in [3.05, 3.63) is 102 Å². The Kier molecular flexibility index (Phi) is 10.7. The number of carbonyl (C=O) groups is 2. The molecule has 1 aliphatic carbocycles. The molecule has 2 amide bonds. The van der Waals surface area contributed by atoms with Gasteiger partial charge in [0.15, 0.2) is 0 Å². The van der Waals surface area contributed by atoms with Crippen molar-refractivity contribution in [2.45, 2.75) is 75.8 Å². The van der Waals surface area contributed by atoms with Gasteiger partial charge >= 0.3 is 12.2 Å². The first kappa shape index (κ1) is 28.1. The first-order valence-electron chi connectivity index (χ1n) is 13.6. The van der Waals surface area contributed by atoms with Crippen LogP contribution in [0.4, 0.5) is 9.59 Å². The normalized spacial score (nSPS) is 15.6. The van der Waals surface area contributed by atoms with Crippen molar-refractivity contribution in [3.8, 4) is 0 Å². The van der Waals surface area contributed by atoms with E-state index in [1.54, 1.807) is 18.5 Å². The van der Waals surface area contributed by atoms with Crippen molar-refractivity contribution in [2.24, 2.45) is 0 Å². The number of nitrogens with zero attached hydrogens (tertiary/aromatic N) is 1. The van der Waals surface area contributed by atoms with Crippen LogP contribution in [0.15, 0.2) is 85.2 Å². The maximum atomic E-state index is 12.7. The summed E-state index contributed by atoms with van der Waals surface area (Å²) in [5, 5.41) is 17.2. The van der Waals surface area contributed by atoms with E-state index in [0.717, 1.165) is 42.4 Å². The molecule has 206 valence electrons. The smallest absolute Gasteiger partial charge is 0.407 e. The third-order valence-corrected chi connectivity index (χ3v) is 6.91. The van der Waals surface area contributed by atoms with Gasteiger partial charge in [0.05, 0.1) is 12.1 Å². The fraction of sp³-hybridized carbons (Fsp3) is 0.387. The Bertz CT molecular complexity index is 1140. The van der Waals surface area contributed by atoms with Crippen LogP contribution in [0.25, 0.3) is 0 Å². The number of rotatable bonds is 12. The van der Waals surface area contributed by atoms with Crippen molar-refractivity contribution in [3.63, 3.8) is 0 Å². The van der Waals surface area contributed by atoms with E-state index in [2.05, 4.69) is 15.6 Å². The number of carbonyl (C=O) groups excluding carboxylic acids is 2. The van der Waals surface area contributed by atoms with E-state index in [4.69, 9.17) is 9.47 Å². The molecule has 39 heavy (non-hydrogen) atoms. The van der Waals surface area contributed by atoms with Gasteiger partial charge in [0, 0.05) is 24.0 Å². The second kappa shape index (κ2) is 14.9. The summed E-state index contributed by atoms with van der Waals surface area (Å²) in [6.45, 7) is 0.0685. The van der Waals surface area contributed by atoms with Crippen molar-refractivity contribution >= 4 is 12.2 Å². The van der Waals surface area contributed by atoms with Gasteiger partial charge in [-0.3, -0.25) is 4.98 Å². The van der Waals surface area contributed by atoms with Gasteiger partial charge in [0.25, 0.3) is 0 Å². The van der Waals surface area contributed by atoms with Gasteiger partial charge in [-0.2, -0.15) is 0 Å². The first-order valence-corrected chi connectivity index (χ1v) is 13.6. The molecule has 8 nitrogen and oxygen atoms in total. The third-order valence-electron chi connectivity index (χ3n) is 6.91. The van der Waals surface area contributed by atoms with E-state index in [1.165, 1.54) is 0 Å². The Labute approximate surface area is 229 Å². The Morgan fingerprint density at radius 2 is 1.49 bits per heavy atom. The molecule has 8 heteroatoms. The zero-order valence-corrected chi connectivity index (χ0v) is 22.1. The summed E-state index contributed by atoms with van der Waals surface area (Å²) in [5.41, 5.74) is 2.75. The van der Waals surface area contributed by atoms with Crippen LogP contribution in [0.5, 0.6) is 0 Å². The molecule has 0 radical (unpaired) electrons. The van der Waals surface area contributed by atoms with Gasteiger partial charge in [-0.05, 0) is 62.1 Å². The monoisotopic (exact) mass is 531 g/mol. The number of aliphatic hydroxyl groups excluding tert-OH is 1. The molecule has 0 aliphatic heterocycles. The Morgan fingerprint density at radius 1 is 0.846 bits per heavy atom. The lowest BCUT2D eigenvalue weighted by Crippen LogP contribution is -2.49. The van der Waals surface area contributed by atoms with Crippen LogP contribution in [-0.4, -0.2) is 46.6 Å². The van der Waals surface area contributed by atoms with Gasteiger partial charge in [0.1, 0.15) is 12.7 Å². The average Bonchev–Trinajstić information content (AvgIpc) is 3.46. The number of benzene rings is 2. The molecule has 1 aliphatic rings. The molecule has 1 fully saturated rings. The van der Waals surface area contributed by atoms with Crippen LogP contribution < -0.4 is 10.6 Å². The van der Waals surface area contributed by atoms with Crippen LogP contribution in [0.3, 0.4) is 0 Å². The lowest BCUT2D eigenvalue weighted by atomic mass is 9.94. The van der Waals surface area contributed by atoms with Gasteiger partial charge in [0.2, 0.25) is 0 Å². The summed E-state index contributed by atoms with van der Waals surface area (Å²) < 4.78 is 11.0. The molecule has 0 saturated heterocycles. The minimum absolute atomic E-state index is 0.0608. The average molecular weight is 532 g/mol. The van der Waals surface area contributed by atoms with E-state index in [1.807, 2.05) is 66.7 Å². The second-order valence-corrected chi connectivity index (χ2v) is 10.0. The lowest BCUT2D eigenvalue weighted by Gasteiger charge is -2.28. The predicted molar refractivity (Wildman–Crippen MR) is 148 cm³/mol. The molecule has 1 heterocycles. The lowest BCUT2D eigenvalue weighted by molar-refractivity contribution is 0.0791. The van der Waals surface area contributed by atoms with Crippen LogP contribution in [-0.2, 0) is 28.9 Å². The van der Waals surface area contributed by atoms with Crippen LogP contribution in [0.2, 0.25) is 0 Å². The summed E-state index contributed by atoms with van der Waals surface area (Å²) in [4.78, 5) is 29.5. The van der Waals surface area contributed by atoms with E-state index >= 15 is 0 Å². The quantitative estimate of drug-likeness (QED) is 0.305. The fourth-order valence-corrected chi connectivity index (χ4v) is 4.88. The number of nitrogens with one attached hydrogen (secondary N) is 2. The highest BCUT2D eigenvalue weighted by Gasteiger charge is 2.28. The molecule has 1 saturated carbocycles. The summed E-state index contributed by atoms with van der Waals surface area (Å²) in [6.07, 6.45) is 6.17. The zero-order chi connectivity index (χ0) is 27.3. The molecular weight excluding hydrogens is 494 g/mol. The first-order chi connectivity index (χ1) is 19.0. The Balaban J connectivity index is 1.43. The van der Waals surface area contributed by atoms with E-state index in [-0.39, 0.29) is 19.1 Å². The molecule has 3 atom stereocenters. The highest BCUT2D eigenvalue weighted by atomic mass is 16.6. The molecule has 1 aromatic heterocycles. The molecule has 0 spiro atoms. The standard InChI is InChI=1S/C31H37N3O5/c35-29(20-26(18-23-10-3-1-4-11-23)33-31(37)39-27-15-7-8-16-27)28(19-24-12-5-2-6-13-24)34-30(36)38-22-25-14-9-17-32-21-25/h1-6,9-14,17,21,26-29,35H,7-8,15-16,18-20,22H2,(H,33,37)(H,34,36)/t26-,28-,29-/m0/s1. The number of aromatic nitrogens is 1. The maximum absolute atomic E-state index is 12.7. The third kappa shape index (κ3) is 9.72. The molecule has 3 aromatic rings. The number of aliphatic hydroxyl groups is 1. The number of hydrogen-bond acceptors (Lipinski definition) is 6. The fourth-order valence-electron chi connectivity index (χ4n) is 4.88. The highest BCUT2D eigenvalue weighted by Crippen LogP contribution is 2.21. The van der Waals surface area contributed by atoms with Crippen molar-refractivity contribution in [2.75, 3.05) is 0 Å². The van der Waals surface area contributed by atoms with Crippen LogP contribution >= 0.6 is 0 Å². The second-order valence-electron chi connectivity index (χ2n) is 10.0. The number of hydrogen-bond donors (Lipinski definition) is 3. The number of alkyl carbamates (subject to hydrolysis) is 2. The zero-order valence-electron chi connectivity index (χ0n) is 22.1. The number of ether oxygens (including phenoxy) is 2. The summed E-state index contributed by atoms with van der Waals surface area (Å²) in [5.74, 6) is 0. The Hall–Kier alpha value is -3.91. The molecule has 0 unspecified atom stereocenters. The van der Waals surface area contributed by atoms with Gasteiger partial charge in [-0.15, -0.1) is 0 Å². The molecule has 2 aromatic carbocycles. The van der Waals surface area contributed by atoms with Gasteiger partial charge < -0.3 is 25.2 Å². The maximum Gasteiger partial charge on any atom is 0.407 e. The van der Waals surface area contributed by atoms with E-state index < -0.39 is 30.4 Å². The van der Waals surface area contributed by atoms with Crippen LogP contribution in [0, 0.1) is 0 Å². The van der Waals surface area contributed by atoms with E-state index in [0.29, 0.717) is 12.8 Å². The van der Waals surface area contributed by atoms with Crippen molar-refractivity contribution in [1.29, 1.82) is 0 Å². The van der Waals surface area contributed by atoms with Crippen molar-refractivity contribution < 1.29 is 24.2 Å².